The molecule has 0 atom stereocenters. The number of aliphatic carboxylic acids is 1. The van der Waals surface area contributed by atoms with Gasteiger partial charge in [0.1, 0.15) is 0 Å². The van der Waals surface area contributed by atoms with Gasteiger partial charge in [-0.1, -0.05) is 28.3 Å². The maximum atomic E-state index is 10.4. The quantitative estimate of drug-likeness (QED) is 0.712. The summed E-state index contributed by atoms with van der Waals surface area (Å²) in [6, 6.07) is 0. The van der Waals surface area contributed by atoms with E-state index in [0.717, 1.165) is 11.8 Å². The Morgan fingerprint density at radius 1 is 1.56 bits per heavy atom. The lowest BCUT2D eigenvalue weighted by atomic mass is 10.4. The largest absolute Gasteiger partial charge is 0.481 e. The molecule has 18 heavy (non-hydrogen) atoms. The zero-order valence-corrected chi connectivity index (χ0v) is 10.7. The molecule has 0 unspecified atom stereocenters. The topological polar surface area (TPSA) is 114 Å². The van der Waals surface area contributed by atoms with Crippen LogP contribution >= 0.6 is 23.1 Å². The van der Waals surface area contributed by atoms with Crippen molar-refractivity contribution in [2.75, 3.05) is 17.6 Å². The fraction of sp³-hybridized carbons (Fsp3) is 0.375. The molecule has 8 nitrogen and oxygen atoms in total. The van der Waals surface area contributed by atoms with Crippen molar-refractivity contribution in [1.82, 2.24) is 20.3 Å². The van der Waals surface area contributed by atoms with Gasteiger partial charge in [-0.15, -0.1) is 10.2 Å². The molecule has 0 aliphatic carbocycles. The number of carbonyl (C=O) groups is 1. The summed E-state index contributed by atoms with van der Waals surface area (Å²) in [5.74, 6) is -0.272. The molecule has 0 aromatic carbocycles. The molecule has 2 aromatic rings. The van der Waals surface area contributed by atoms with E-state index in [1.165, 1.54) is 17.7 Å². The fourth-order valence-electron chi connectivity index (χ4n) is 1.05. The number of nitrogens with zero attached hydrogens (tertiary/aromatic N) is 4. The van der Waals surface area contributed by atoms with Crippen LogP contribution in [0.4, 0.5) is 5.13 Å². The molecular formula is C8H9N5O3S2. The summed E-state index contributed by atoms with van der Waals surface area (Å²) in [5.41, 5.74) is 0. The number of rotatable bonds is 7. The van der Waals surface area contributed by atoms with Crippen molar-refractivity contribution in [2.45, 2.75) is 10.8 Å². The normalized spacial score (nSPS) is 10.4. The Morgan fingerprint density at radius 3 is 3.17 bits per heavy atom. The summed E-state index contributed by atoms with van der Waals surface area (Å²) in [6.07, 6.45) is 1.90. The highest BCUT2D eigenvalue weighted by atomic mass is 32.2. The highest BCUT2D eigenvalue weighted by molar-refractivity contribution is 8.01. The average Bonchev–Trinajstić information content (AvgIpc) is 2.97. The van der Waals surface area contributed by atoms with Gasteiger partial charge in [0.05, 0.1) is 5.75 Å². The van der Waals surface area contributed by atoms with Crippen molar-refractivity contribution >= 4 is 34.2 Å². The van der Waals surface area contributed by atoms with Crippen LogP contribution in [-0.2, 0) is 11.2 Å². The monoisotopic (exact) mass is 287 g/mol. The Morgan fingerprint density at radius 2 is 2.44 bits per heavy atom. The van der Waals surface area contributed by atoms with E-state index >= 15 is 0 Å². The molecule has 0 aliphatic heterocycles. The second-order valence-corrected chi connectivity index (χ2v) is 5.28. The summed E-state index contributed by atoms with van der Waals surface area (Å²) >= 11 is 2.46. The minimum Gasteiger partial charge on any atom is -0.481 e. The van der Waals surface area contributed by atoms with E-state index in [0.29, 0.717) is 28.3 Å². The Bertz CT molecular complexity index is 501. The van der Waals surface area contributed by atoms with E-state index in [9.17, 15) is 4.79 Å². The molecule has 0 radical (unpaired) electrons. The van der Waals surface area contributed by atoms with Gasteiger partial charge in [-0.25, -0.2) is 0 Å². The molecule has 2 aromatic heterocycles. The van der Waals surface area contributed by atoms with Crippen LogP contribution in [0.1, 0.15) is 5.82 Å². The zero-order valence-electron chi connectivity index (χ0n) is 9.07. The number of aromatic nitrogens is 4. The number of hydrogen-bond donors (Lipinski definition) is 2. The first-order valence-corrected chi connectivity index (χ1v) is 6.71. The van der Waals surface area contributed by atoms with Crippen LogP contribution in [0.3, 0.4) is 0 Å². The summed E-state index contributed by atoms with van der Waals surface area (Å²) in [6.45, 7) is 0.609. The Hall–Kier alpha value is -1.68. The predicted molar refractivity (Wildman–Crippen MR) is 64.8 cm³/mol. The van der Waals surface area contributed by atoms with Crippen molar-refractivity contribution < 1.29 is 14.4 Å². The van der Waals surface area contributed by atoms with Gasteiger partial charge in [-0.2, -0.15) is 4.98 Å². The molecule has 0 amide bonds. The minimum atomic E-state index is -0.873. The first-order valence-electron chi connectivity index (χ1n) is 4.91. The third-order valence-corrected chi connectivity index (χ3v) is 3.76. The third kappa shape index (κ3) is 3.96. The van der Waals surface area contributed by atoms with Crippen LogP contribution in [0.2, 0.25) is 0 Å². The van der Waals surface area contributed by atoms with Crippen LogP contribution in [0.5, 0.6) is 0 Å². The SMILES string of the molecule is O=C(O)CSc1nnc(NCCc2ncon2)s1. The van der Waals surface area contributed by atoms with Gasteiger partial charge < -0.3 is 14.9 Å². The Balaban J connectivity index is 1.74. The summed E-state index contributed by atoms with van der Waals surface area (Å²) in [5, 5.41) is 23.6. The van der Waals surface area contributed by atoms with Gasteiger partial charge in [0.2, 0.25) is 11.5 Å². The smallest absolute Gasteiger partial charge is 0.313 e. The van der Waals surface area contributed by atoms with Crippen LogP contribution in [-0.4, -0.2) is 43.7 Å². The number of thioether (sulfide) groups is 1. The van der Waals surface area contributed by atoms with E-state index in [2.05, 4.69) is 30.2 Å². The lowest BCUT2D eigenvalue weighted by Crippen LogP contribution is -2.05. The van der Waals surface area contributed by atoms with Crippen molar-refractivity contribution in [3.8, 4) is 0 Å². The second-order valence-electron chi connectivity index (χ2n) is 3.08. The van der Waals surface area contributed by atoms with Gasteiger partial charge in [-0.3, -0.25) is 4.79 Å². The molecular weight excluding hydrogens is 278 g/mol. The maximum Gasteiger partial charge on any atom is 0.313 e. The highest BCUT2D eigenvalue weighted by Crippen LogP contribution is 2.24. The molecule has 96 valence electrons. The summed E-state index contributed by atoms with van der Waals surface area (Å²) in [7, 11) is 0. The number of nitrogens with one attached hydrogen (secondary N) is 1. The van der Waals surface area contributed by atoms with Gasteiger partial charge in [-0.05, 0) is 0 Å². The average molecular weight is 287 g/mol. The van der Waals surface area contributed by atoms with Crippen molar-refractivity contribution in [3.05, 3.63) is 12.2 Å². The van der Waals surface area contributed by atoms with Crippen LogP contribution in [0.15, 0.2) is 15.3 Å². The number of carboxylic acids is 1. The number of anilines is 1. The van der Waals surface area contributed by atoms with Gasteiger partial charge in [0, 0.05) is 13.0 Å². The molecule has 0 saturated carbocycles. The fourth-order valence-corrected chi connectivity index (χ4v) is 2.54. The predicted octanol–water partition coefficient (Wildman–Crippen LogP) is 0.752. The molecule has 0 fully saturated rings. The van der Waals surface area contributed by atoms with Gasteiger partial charge in [0.15, 0.2) is 10.2 Å². The number of carboxylic acid groups (broad SMARTS) is 1. The molecule has 0 spiro atoms. The van der Waals surface area contributed by atoms with Crippen LogP contribution < -0.4 is 5.32 Å². The summed E-state index contributed by atoms with van der Waals surface area (Å²) < 4.78 is 5.23. The molecule has 0 bridgehead atoms. The first-order chi connectivity index (χ1) is 8.74. The maximum absolute atomic E-state index is 10.4. The van der Waals surface area contributed by atoms with E-state index in [-0.39, 0.29) is 5.75 Å². The molecule has 0 saturated heterocycles. The summed E-state index contributed by atoms with van der Waals surface area (Å²) in [4.78, 5) is 14.3. The molecule has 0 aliphatic rings. The lowest BCUT2D eigenvalue weighted by Gasteiger charge is -1.97. The van der Waals surface area contributed by atoms with E-state index in [1.54, 1.807) is 0 Å². The van der Waals surface area contributed by atoms with Gasteiger partial charge >= 0.3 is 5.97 Å². The third-order valence-electron chi connectivity index (χ3n) is 1.76. The Labute approximate surface area is 110 Å². The van der Waals surface area contributed by atoms with Gasteiger partial charge in [0.25, 0.3) is 0 Å². The minimum absolute atomic E-state index is 0.0164. The van der Waals surface area contributed by atoms with Crippen molar-refractivity contribution in [2.24, 2.45) is 0 Å². The van der Waals surface area contributed by atoms with Crippen LogP contribution in [0.25, 0.3) is 0 Å². The standard InChI is InChI=1S/C8H9N5O3S2/c14-6(15)3-17-8-12-11-7(18-8)9-2-1-5-10-4-16-13-5/h4H,1-3H2,(H,9,11)(H,14,15). The van der Waals surface area contributed by atoms with Crippen molar-refractivity contribution in [1.29, 1.82) is 0 Å². The Kier molecular flexibility index (Phi) is 4.47. The lowest BCUT2D eigenvalue weighted by molar-refractivity contribution is -0.133. The van der Waals surface area contributed by atoms with Crippen molar-refractivity contribution in [3.63, 3.8) is 0 Å². The molecule has 2 rings (SSSR count). The number of hydrogen-bond acceptors (Lipinski definition) is 9. The highest BCUT2D eigenvalue weighted by Gasteiger charge is 2.07. The van der Waals surface area contributed by atoms with E-state index in [4.69, 9.17) is 5.11 Å². The molecule has 2 heterocycles. The molecule has 2 N–H and O–H groups in total. The van der Waals surface area contributed by atoms with E-state index in [1.807, 2.05) is 0 Å². The zero-order chi connectivity index (χ0) is 12.8. The van der Waals surface area contributed by atoms with E-state index < -0.39 is 5.97 Å². The molecule has 10 heteroatoms. The van der Waals surface area contributed by atoms with Crippen LogP contribution in [0, 0.1) is 0 Å². The first kappa shape index (κ1) is 12.8. The second kappa shape index (κ2) is 6.31.